The lowest BCUT2D eigenvalue weighted by Gasteiger charge is -2.29. The average molecular weight is 1020 g/mol. The Labute approximate surface area is 423 Å². The number of esters is 6. The summed E-state index contributed by atoms with van der Waals surface area (Å²) in [6, 6.07) is 23.5. The Morgan fingerprint density at radius 1 is 0.554 bits per heavy atom. The van der Waals surface area contributed by atoms with Crippen LogP contribution in [-0.4, -0.2) is 156 Å². The third-order valence-electron chi connectivity index (χ3n) is 11.7. The van der Waals surface area contributed by atoms with Crippen molar-refractivity contribution in [1.82, 2.24) is 20.0 Å². The van der Waals surface area contributed by atoms with Crippen molar-refractivity contribution in [2.45, 2.75) is 77.0 Å². The van der Waals surface area contributed by atoms with Crippen LogP contribution in [-0.2, 0) is 62.0 Å². The van der Waals surface area contributed by atoms with Gasteiger partial charge in [0.1, 0.15) is 6.04 Å². The molecule has 0 spiro atoms. The van der Waals surface area contributed by atoms with Gasteiger partial charge in [-0.25, -0.2) is 33.6 Å². The van der Waals surface area contributed by atoms with Gasteiger partial charge in [0.15, 0.2) is 0 Å². The molecule has 22 heteroatoms. The van der Waals surface area contributed by atoms with Crippen molar-refractivity contribution in [2.24, 2.45) is 0 Å². The molecule has 0 aromatic heterocycles. The molecule has 3 saturated heterocycles. The van der Waals surface area contributed by atoms with Gasteiger partial charge in [-0.05, 0) is 83.3 Å². The number of benzene rings is 4. The van der Waals surface area contributed by atoms with E-state index in [1.165, 1.54) is 69.7 Å². The van der Waals surface area contributed by atoms with Crippen LogP contribution in [0, 0.1) is 27.7 Å². The van der Waals surface area contributed by atoms with E-state index in [2.05, 4.69) is 10.1 Å². The molecular weight excluding hydrogens is 969 g/mol. The predicted octanol–water partition coefficient (Wildman–Crippen LogP) is 2.46. The predicted molar refractivity (Wildman–Crippen MR) is 254 cm³/mol. The lowest BCUT2D eigenvalue weighted by molar-refractivity contribution is -0.164. The Morgan fingerprint density at radius 3 is 1.19 bits per heavy atom. The van der Waals surface area contributed by atoms with Crippen LogP contribution in [0.5, 0.6) is 0 Å². The number of hydrogen-bond acceptors (Lipinski definition) is 18. The van der Waals surface area contributed by atoms with Crippen molar-refractivity contribution >= 4 is 71.3 Å². The molecule has 0 bridgehead atoms. The zero-order valence-electron chi connectivity index (χ0n) is 41.3. The second-order valence-electron chi connectivity index (χ2n) is 17.1. The molecule has 6 unspecified atom stereocenters. The van der Waals surface area contributed by atoms with Gasteiger partial charge in [-0.15, -0.1) is 0 Å². The summed E-state index contributed by atoms with van der Waals surface area (Å²) in [4.78, 5) is 148. The Bertz CT molecular complexity index is 2770. The maximum Gasteiger partial charge on any atom is 0.359 e. The summed E-state index contributed by atoms with van der Waals surface area (Å²) in [6.07, 6.45) is -7.74. The summed E-state index contributed by atoms with van der Waals surface area (Å²) < 4.78 is 25.0. The van der Waals surface area contributed by atoms with E-state index in [-0.39, 0.29) is 46.5 Å². The van der Waals surface area contributed by atoms with Crippen LogP contribution in [0.25, 0.3) is 0 Å². The van der Waals surface area contributed by atoms with Crippen LogP contribution in [0.2, 0.25) is 0 Å². The number of likely N-dealkylation sites (N-methyl/N-ethyl adjacent to an activating group) is 4. The van der Waals surface area contributed by atoms with Gasteiger partial charge in [0.05, 0.1) is 41.1 Å². The largest absolute Gasteiger partial charge is 0.478 e. The quantitative estimate of drug-likeness (QED) is 0.0841. The number of hydrogen-bond donors (Lipinski definition) is 2. The van der Waals surface area contributed by atoms with E-state index < -0.39 is 90.0 Å². The first-order valence-electron chi connectivity index (χ1n) is 22.6. The average Bonchev–Trinajstić information content (AvgIpc) is 3.90. The molecule has 7 rings (SSSR count). The van der Waals surface area contributed by atoms with Gasteiger partial charge in [0, 0.05) is 21.1 Å². The number of carboxylic acids is 1. The summed E-state index contributed by atoms with van der Waals surface area (Å²) in [5.41, 5.74) is 3.97. The second-order valence-corrected chi connectivity index (χ2v) is 17.1. The number of cyclic esters (lactones) is 2. The molecule has 3 heterocycles. The highest BCUT2D eigenvalue weighted by Crippen LogP contribution is 2.23. The number of rotatable bonds is 13. The van der Waals surface area contributed by atoms with Crippen molar-refractivity contribution in [1.29, 1.82) is 0 Å². The Kier molecular flexibility index (Phi) is 18.5. The lowest BCUT2D eigenvalue weighted by Crippen LogP contribution is -2.54. The van der Waals surface area contributed by atoms with Crippen LogP contribution in [0.4, 0.5) is 0 Å². The van der Waals surface area contributed by atoms with E-state index in [9.17, 15) is 62.6 Å². The fourth-order valence-electron chi connectivity index (χ4n) is 7.03. The highest BCUT2D eigenvalue weighted by atomic mass is 16.7. The van der Waals surface area contributed by atoms with E-state index in [0.717, 1.165) is 37.0 Å². The normalized spacial score (nSPS) is 18.7. The number of aryl methyl sites for hydroxylation is 4. The molecular formula is C52H52N4O18. The maximum absolute atomic E-state index is 13.4. The summed E-state index contributed by atoms with van der Waals surface area (Å²) in [7, 11) is 5.60. The van der Waals surface area contributed by atoms with Crippen LogP contribution in [0.3, 0.4) is 0 Å². The van der Waals surface area contributed by atoms with Gasteiger partial charge in [0.25, 0.3) is 11.8 Å². The van der Waals surface area contributed by atoms with Gasteiger partial charge in [-0.2, -0.15) is 0 Å². The van der Waals surface area contributed by atoms with Crippen molar-refractivity contribution in [3.63, 3.8) is 0 Å². The summed E-state index contributed by atoms with van der Waals surface area (Å²) >= 11 is 0. The standard InChI is InChI=1S/C26H26N2O9.C20H16O7.C6H10N2O2/c1-14-5-9-16(10-6-14)25(34)36-20(23(31)27(3)18-13-19(29)28(4)22(18)30)21(24(32)33)37-26(35)17-11-7-15(2)8-12-17;1-11-3-7-13(8-4-11)17(21)25-15-16(20(24)27-19(15)23)26-18(22)14-9-5-12(2)6-10-14;1-7-4-3-5(9)8(2)6(4)10/h5-12,18,20-21H,13H2,1-4H3,(H,32,33);3-10,15-16H,1-2H3;4,7H,3H2,1-2H3. The maximum atomic E-state index is 13.4. The minimum absolute atomic E-state index is 0.0134. The minimum atomic E-state index is -2.25. The Morgan fingerprint density at radius 2 is 0.892 bits per heavy atom. The number of nitrogens with one attached hydrogen (secondary N) is 1. The van der Waals surface area contributed by atoms with E-state index in [4.69, 9.17) is 18.9 Å². The molecule has 3 aliphatic rings. The number of likely N-dealkylation sites (tertiary alicyclic amines) is 2. The smallest absolute Gasteiger partial charge is 0.359 e. The number of carbonyl (C=O) groups is 12. The van der Waals surface area contributed by atoms with Crippen molar-refractivity contribution < 1.29 is 86.3 Å². The summed E-state index contributed by atoms with van der Waals surface area (Å²) in [5.74, 6) is -10.3. The number of amides is 5. The third-order valence-corrected chi connectivity index (χ3v) is 11.7. The number of carbonyl (C=O) groups excluding carboxylic acids is 11. The van der Waals surface area contributed by atoms with Crippen molar-refractivity contribution in [3.05, 3.63) is 142 Å². The first kappa shape index (κ1) is 56.0. The van der Waals surface area contributed by atoms with E-state index in [1.54, 1.807) is 69.4 Å². The Hall–Kier alpha value is -8.92. The SMILES string of the molecule is CNC1CC(=O)N(C)C1=O.Cc1ccc(C(=O)OC(C(=O)O)C(OC(=O)c2ccc(C)cc2)C(=O)N(C)C2CC(=O)N(C)C2=O)cc1.Cc1ccc(C(=O)OC2C(=O)OC(=O)C2OC(=O)c2ccc(C)cc2)cc1. The van der Waals surface area contributed by atoms with Gasteiger partial charge in [0.2, 0.25) is 42.1 Å². The van der Waals surface area contributed by atoms with Crippen LogP contribution < -0.4 is 5.32 Å². The fraction of sp³-hybridized carbons (Fsp3) is 0.308. The number of carboxylic acid groups (broad SMARTS) is 1. The Balaban J connectivity index is 0.000000238. The van der Waals surface area contributed by atoms with Gasteiger partial charge >= 0.3 is 41.8 Å². The first-order chi connectivity index (χ1) is 34.9. The van der Waals surface area contributed by atoms with Crippen LogP contribution in [0.1, 0.15) is 76.5 Å². The number of aliphatic carboxylic acids is 1. The molecule has 0 radical (unpaired) electrons. The monoisotopic (exact) mass is 1020 g/mol. The van der Waals surface area contributed by atoms with Crippen LogP contribution >= 0.6 is 0 Å². The van der Waals surface area contributed by atoms with E-state index in [0.29, 0.717) is 6.42 Å². The lowest BCUT2D eigenvalue weighted by atomic mass is 10.1. The van der Waals surface area contributed by atoms with Crippen molar-refractivity contribution in [3.8, 4) is 0 Å². The summed E-state index contributed by atoms with van der Waals surface area (Å²) in [6.45, 7) is 7.28. The van der Waals surface area contributed by atoms with E-state index in [1.807, 2.05) is 13.8 Å². The first-order valence-corrected chi connectivity index (χ1v) is 22.6. The number of imide groups is 2. The fourth-order valence-corrected chi connectivity index (χ4v) is 7.03. The van der Waals surface area contributed by atoms with Gasteiger partial charge in [-0.1, -0.05) is 70.8 Å². The van der Waals surface area contributed by atoms with Gasteiger partial charge in [-0.3, -0.25) is 33.8 Å². The third kappa shape index (κ3) is 13.7. The highest BCUT2D eigenvalue weighted by Gasteiger charge is 2.51. The molecule has 2 N–H and O–H groups in total. The molecule has 22 nitrogen and oxygen atoms in total. The molecule has 5 amide bonds. The molecule has 6 atom stereocenters. The molecule has 388 valence electrons. The summed E-state index contributed by atoms with van der Waals surface area (Å²) in [5, 5.41) is 12.6. The zero-order valence-corrected chi connectivity index (χ0v) is 41.3. The minimum Gasteiger partial charge on any atom is -0.478 e. The van der Waals surface area contributed by atoms with Crippen molar-refractivity contribution in [2.75, 3.05) is 28.2 Å². The van der Waals surface area contributed by atoms with Crippen LogP contribution in [0.15, 0.2) is 97.1 Å². The zero-order chi connectivity index (χ0) is 54.7. The number of ether oxygens (including phenoxy) is 5. The number of nitrogens with zero attached hydrogens (tertiary/aromatic N) is 3. The molecule has 0 aliphatic carbocycles. The molecule has 3 fully saturated rings. The molecule has 74 heavy (non-hydrogen) atoms. The molecule has 4 aromatic carbocycles. The topological polar surface area (TPSA) is 293 Å². The second kappa shape index (κ2) is 24.5. The highest BCUT2D eigenvalue weighted by molar-refractivity contribution is 6.08. The van der Waals surface area contributed by atoms with Gasteiger partial charge < -0.3 is 39.0 Å². The molecule has 4 aromatic rings. The molecule has 3 aliphatic heterocycles. The molecule has 0 saturated carbocycles. The van der Waals surface area contributed by atoms with E-state index >= 15 is 0 Å².